The van der Waals surface area contributed by atoms with Crippen LogP contribution >= 0.6 is 0 Å². The van der Waals surface area contributed by atoms with Gasteiger partial charge in [0.05, 0.1) is 19.8 Å². The van der Waals surface area contributed by atoms with Gasteiger partial charge in [0.15, 0.2) is 11.5 Å². The van der Waals surface area contributed by atoms with Gasteiger partial charge in [-0.05, 0) is 42.5 Å². The number of hydrogen-bond acceptors (Lipinski definition) is 5. The van der Waals surface area contributed by atoms with Gasteiger partial charge in [0, 0.05) is 38.1 Å². The molecule has 5 nitrogen and oxygen atoms in total. The number of unbranched alkanes of at least 4 members (excludes halogenated alkanes) is 1. The van der Waals surface area contributed by atoms with Crippen molar-refractivity contribution in [2.75, 3.05) is 33.5 Å². The van der Waals surface area contributed by atoms with Crippen LogP contribution in [0.5, 0.6) is 11.5 Å². The van der Waals surface area contributed by atoms with Gasteiger partial charge in [0.1, 0.15) is 0 Å². The second-order valence-corrected chi connectivity index (χ2v) is 7.46. The Morgan fingerprint density at radius 3 is 2.62 bits per heavy atom. The molecule has 1 fully saturated rings. The SMILES string of the molecule is COc1ccc(CNCC2(c3ccccc3)CCOCC2)cc1OCCCC#N. The molecule has 3 rings (SSSR count). The van der Waals surface area contributed by atoms with E-state index < -0.39 is 0 Å². The zero-order chi connectivity index (χ0) is 20.4. The van der Waals surface area contributed by atoms with E-state index in [0.717, 1.165) is 56.2 Å². The van der Waals surface area contributed by atoms with Crippen molar-refractivity contribution in [2.24, 2.45) is 0 Å². The maximum absolute atomic E-state index is 8.67. The molecule has 0 aromatic heterocycles. The molecule has 0 radical (unpaired) electrons. The third-order valence-corrected chi connectivity index (χ3v) is 5.55. The van der Waals surface area contributed by atoms with Gasteiger partial charge in [0.2, 0.25) is 0 Å². The molecule has 1 aliphatic rings. The van der Waals surface area contributed by atoms with Crippen LogP contribution < -0.4 is 14.8 Å². The largest absolute Gasteiger partial charge is 0.493 e. The van der Waals surface area contributed by atoms with Gasteiger partial charge in [-0.15, -0.1) is 0 Å². The van der Waals surface area contributed by atoms with Gasteiger partial charge in [-0.2, -0.15) is 5.26 Å². The minimum Gasteiger partial charge on any atom is -0.493 e. The average molecular weight is 395 g/mol. The third kappa shape index (κ3) is 5.72. The Morgan fingerprint density at radius 2 is 1.90 bits per heavy atom. The Morgan fingerprint density at radius 1 is 1.10 bits per heavy atom. The molecule has 0 aliphatic carbocycles. The van der Waals surface area contributed by atoms with Crippen molar-refractivity contribution in [1.82, 2.24) is 5.32 Å². The van der Waals surface area contributed by atoms with Gasteiger partial charge >= 0.3 is 0 Å². The molecule has 0 saturated carbocycles. The summed E-state index contributed by atoms with van der Waals surface area (Å²) in [5.41, 5.74) is 2.64. The van der Waals surface area contributed by atoms with Crippen LogP contribution in [0.1, 0.15) is 36.8 Å². The van der Waals surface area contributed by atoms with Crippen molar-refractivity contribution >= 4 is 0 Å². The van der Waals surface area contributed by atoms with Crippen molar-refractivity contribution in [3.05, 3.63) is 59.7 Å². The lowest BCUT2D eigenvalue weighted by Gasteiger charge is -2.38. The number of hydrogen-bond donors (Lipinski definition) is 1. The fraction of sp³-hybridized carbons (Fsp3) is 0.458. The first-order valence-electron chi connectivity index (χ1n) is 10.3. The van der Waals surface area contributed by atoms with E-state index in [1.807, 2.05) is 12.1 Å². The number of benzene rings is 2. The highest BCUT2D eigenvalue weighted by molar-refractivity contribution is 5.43. The summed E-state index contributed by atoms with van der Waals surface area (Å²) in [6.07, 6.45) is 3.26. The van der Waals surface area contributed by atoms with Gasteiger partial charge in [-0.25, -0.2) is 0 Å². The number of nitrogens with one attached hydrogen (secondary N) is 1. The van der Waals surface area contributed by atoms with Crippen LogP contribution in [0, 0.1) is 11.3 Å². The third-order valence-electron chi connectivity index (χ3n) is 5.55. The normalized spacial score (nSPS) is 15.4. The zero-order valence-corrected chi connectivity index (χ0v) is 17.2. The van der Waals surface area contributed by atoms with Crippen LogP contribution in [0.15, 0.2) is 48.5 Å². The number of nitrogens with zero attached hydrogens (tertiary/aromatic N) is 1. The quantitative estimate of drug-likeness (QED) is 0.612. The minimum atomic E-state index is 0.114. The lowest BCUT2D eigenvalue weighted by Crippen LogP contribution is -2.42. The van der Waals surface area contributed by atoms with E-state index in [9.17, 15) is 0 Å². The summed E-state index contributed by atoms with van der Waals surface area (Å²) in [5.74, 6) is 1.45. The molecule has 1 N–H and O–H groups in total. The second-order valence-electron chi connectivity index (χ2n) is 7.46. The molecule has 0 atom stereocenters. The summed E-state index contributed by atoms with van der Waals surface area (Å²) in [5, 5.41) is 12.3. The topological polar surface area (TPSA) is 63.5 Å². The smallest absolute Gasteiger partial charge is 0.161 e. The molecule has 154 valence electrons. The summed E-state index contributed by atoms with van der Waals surface area (Å²) in [6, 6.07) is 18.9. The van der Waals surface area contributed by atoms with Gasteiger partial charge in [0.25, 0.3) is 0 Å². The summed E-state index contributed by atoms with van der Waals surface area (Å²) in [4.78, 5) is 0. The standard InChI is InChI=1S/C24H30N2O3/c1-27-22-10-9-20(17-23(22)29-14-6-5-13-25)18-26-19-24(11-15-28-16-12-24)21-7-3-2-4-8-21/h2-4,7-10,17,26H,5-6,11-12,14-16,18-19H2,1H3. The highest BCUT2D eigenvalue weighted by Crippen LogP contribution is 2.34. The Balaban J connectivity index is 1.63. The van der Waals surface area contributed by atoms with E-state index in [4.69, 9.17) is 19.5 Å². The first-order valence-corrected chi connectivity index (χ1v) is 10.3. The van der Waals surface area contributed by atoms with Gasteiger partial charge < -0.3 is 19.5 Å². The number of nitriles is 1. The molecule has 0 bridgehead atoms. The van der Waals surface area contributed by atoms with Crippen LogP contribution in [0.3, 0.4) is 0 Å². The van der Waals surface area contributed by atoms with E-state index in [1.54, 1.807) is 7.11 Å². The van der Waals surface area contributed by atoms with Crippen LogP contribution in [0.2, 0.25) is 0 Å². The molecule has 29 heavy (non-hydrogen) atoms. The van der Waals surface area contributed by atoms with Crippen LogP contribution in [-0.2, 0) is 16.7 Å². The predicted molar refractivity (Wildman–Crippen MR) is 113 cm³/mol. The number of methoxy groups -OCH3 is 1. The lowest BCUT2D eigenvalue weighted by atomic mass is 9.74. The molecule has 1 heterocycles. The molecular formula is C24H30N2O3. The summed E-state index contributed by atoms with van der Waals surface area (Å²) >= 11 is 0. The second kappa shape index (κ2) is 10.8. The van der Waals surface area contributed by atoms with Crippen LogP contribution in [-0.4, -0.2) is 33.5 Å². The fourth-order valence-electron chi connectivity index (χ4n) is 3.84. The van der Waals surface area contributed by atoms with Crippen LogP contribution in [0.25, 0.3) is 0 Å². The van der Waals surface area contributed by atoms with Crippen molar-refractivity contribution < 1.29 is 14.2 Å². The monoisotopic (exact) mass is 394 g/mol. The van der Waals surface area contributed by atoms with Gasteiger partial charge in [-0.1, -0.05) is 36.4 Å². The maximum Gasteiger partial charge on any atom is 0.161 e. The van der Waals surface area contributed by atoms with E-state index in [-0.39, 0.29) is 5.41 Å². The van der Waals surface area contributed by atoms with Crippen LogP contribution in [0.4, 0.5) is 0 Å². The average Bonchev–Trinajstić information content (AvgIpc) is 2.78. The van der Waals surface area contributed by atoms with Crippen molar-refractivity contribution in [3.8, 4) is 17.6 Å². The number of ether oxygens (including phenoxy) is 3. The minimum absolute atomic E-state index is 0.114. The zero-order valence-electron chi connectivity index (χ0n) is 17.2. The Hall–Kier alpha value is -2.55. The van der Waals surface area contributed by atoms with E-state index in [2.05, 4.69) is 47.8 Å². The maximum atomic E-state index is 8.67. The highest BCUT2D eigenvalue weighted by Gasteiger charge is 2.33. The van der Waals surface area contributed by atoms with E-state index >= 15 is 0 Å². The molecule has 2 aromatic carbocycles. The first-order chi connectivity index (χ1) is 14.3. The molecular weight excluding hydrogens is 364 g/mol. The predicted octanol–water partition coefficient (Wildman–Crippen LogP) is 4.22. The lowest BCUT2D eigenvalue weighted by molar-refractivity contribution is 0.0498. The highest BCUT2D eigenvalue weighted by atomic mass is 16.5. The summed E-state index contributed by atoms with van der Waals surface area (Å²) in [6.45, 7) is 3.79. The van der Waals surface area contributed by atoms with Gasteiger partial charge in [-0.3, -0.25) is 0 Å². The molecule has 2 aromatic rings. The fourth-order valence-corrected chi connectivity index (χ4v) is 3.84. The van der Waals surface area contributed by atoms with E-state index in [0.29, 0.717) is 19.4 Å². The summed E-state index contributed by atoms with van der Waals surface area (Å²) in [7, 11) is 1.64. The number of rotatable bonds is 10. The Kier molecular flexibility index (Phi) is 7.92. The molecule has 1 saturated heterocycles. The Labute approximate surface area is 173 Å². The van der Waals surface area contributed by atoms with Crippen molar-refractivity contribution in [1.29, 1.82) is 5.26 Å². The molecule has 0 unspecified atom stereocenters. The van der Waals surface area contributed by atoms with E-state index in [1.165, 1.54) is 5.56 Å². The molecule has 5 heteroatoms. The Bertz CT molecular complexity index is 796. The van der Waals surface area contributed by atoms with Crippen molar-refractivity contribution in [2.45, 2.75) is 37.6 Å². The van der Waals surface area contributed by atoms with Crippen molar-refractivity contribution in [3.63, 3.8) is 0 Å². The molecule has 1 aliphatic heterocycles. The molecule has 0 amide bonds. The molecule has 0 spiro atoms. The summed E-state index contributed by atoms with van der Waals surface area (Å²) < 4.78 is 16.9. The first kappa shape index (κ1) is 21.2.